The molecule has 1 fully saturated rings. The van der Waals surface area contributed by atoms with E-state index in [0.29, 0.717) is 11.8 Å². The molecule has 0 aliphatic heterocycles. The zero-order chi connectivity index (χ0) is 16.4. The molecule has 1 aliphatic rings. The lowest BCUT2D eigenvalue weighted by Gasteiger charge is -2.04. The first-order valence-corrected chi connectivity index (χ1v) is 8.46. The lowest BCUT2D eigenvalue weighted by Crippen LogP contribution is -2.20. The van der Waals surface area contributed by atoms with Crippen molar-refractivity contribution in [3.05, 3.63) is 65.6 Å². The van der Waals surface area contributed by atoms with E-state index in [1.807, 2.05) is 36.7 Å². The SMILES string of the molecule is N#Cc1ccc2[nH]cc(C3CC3CNCCc3cccnc3)c2c1. The molecule has 4 nitrogen and oxygen atoms in total. The van der Waals surface area contributed by atoms with Crippen LogP contribution in [-0.4, -0.2) is 23.1 Å². The second-order valence-corrected chi connectivity index (χ2v) is 6.53. The summed E-state index contributed by atoms with van der Waals surface area (Å²) in [6, 6.07) is 12.2. The number of nitrogens with zero attached hydrogens (tertiary/aromatic N) is 2. The van der Waals surface area contributed by atoms with Gasteiger partial charge >= 0.3 is 0 Å². The van der Waals surface area contributed by atoms with Gasteiger partial charge in [-0.15, -0.1) is 0 Å². The molecule has 2 unspecified atom stereocenters. The molecular weight excluding hydrogens is 296 g/mol. The monoisotopic (exact) mass is 316 g/mol. The highest BCUT2D eigenvalue weighted by Crippen LogP contribution is 2.49. The van der Waals surface area contributed by atoms with E-state index in [9.17, 15) is 0 Å². The normalized spacial score (nSPS) is 19.3. The van der Waals surface area contributed by atoms with Gasteiger partial charge in [0.1, 0.15) is 0 Å². The molecular formula is C20H20N4. The van der Waals surface area contributed by atoms with Crippen LogP contribution in [0, 0.1) is 17.2 Å². The van der Waals surface area contributed by atoms with Gasteiger partial charge in [-0.25, -0.2) is 0 Å². The zero-order valence-corrected chi connectivity index (χ0v) is 13.5. The molecule has 4 rings (SSSR count). The van der Waals surface area contributed by atoms with Gasteiger partial charge in [0.25, 0.3) is 0 Å². The average Bonchev–Trinajstić information content (AvgIpc) is 3.28. The Morgan fingerprint density at radius 3 is 3.12 bits per heavy atom. The van der Waals surface area contributed by atoms with Gasteiger partial charge in [-0.05, 0) is 73.2 Å². The second kappa shape index (κ2) is 6.46. The summed E-state index contributed by atoms with van der Waals surface area (Å²) in [5.74, 6) is 1.31. The highest BCUT2D eigenvalue weighted by molar-refractivity contribution is 5.85. The zero-order valence-electron chi connectivity index (χ0n) is 13.5. The molecule has 120 valence electrons. The summed E-state index contributed by atoms with van der Waals surface area (Å²) < 4.78 is 0. The standard InChI is InChI=1S/C20H20N4/c21-10-15-3-4-20-18(8-15)19(13-24-20)17-9-16(17)12-23-7-5-14-2-1-6-22-11-14/h1-4,6,8,11,13,16-17,23-24H,5,7,9,12H2. The van der Waals surface area contributed by atoms with Crippen molar-refractivity contribution in [2.45, 2.75) is 18.8 Å². The van der Waals surface area contributed by atoms with Crippen molar-refractivity contribution >= 4 is 10.9 Å². The summed E-state index contributed by atoms with van der Waals surface area (Å²) in [4.78, 5) is 7.48. The van der Waals surface area contributed by atoms with Crippen LogP contribution < -0.4 is 5.32 Å². The van der Waals surface area contributed by atoms with Crippen LogP contribution in [0.15, 0.2) is 48.9 Å². The number of nitriles is 1. The van der Waals surface area contributed by atoms with Crippen LogP contribution >= 0.6 is 0 Å². The lowest BCUT2D eigenvalue weighted by molar-refractivity contribution is 0.627. The molecule has 2 atom stereocenters. The topological polar surface area (TPSA) is 64.5 Å². The fraction of sp³-hybridized carbons (Fsp3) is 0.300. The Morgan fingerprint density at radius 2 is 2.29 bits per heavy atom. The number of fused-ring (bicyclic) bond motifs is 1. The largest absolute Gasteiger partial charge is 0.361 e. The number of H-pyrrole nitrogens is 1. The van der Waals surface area contributed by atoms with Gasteiger partial charge in [0.05, 0.1) is 11.6 Å². The average molecular weight is 316 g/mol. The summed E-state index contributed by atoms with van der Waals surface area (Å²) in [6.45, 7) is 2.04. The summed E-state index contributed by atoms with van der Waals surface area (Å²) in [7, 11) is 0. The number of hydrogen-bond donors (Lipinski definition) is 2. The summed E-state index contributed by atoms with van der Waals surface area (Å²) in [5.41, 5.74) is 4.49. The summed E-state index contributed by atoms with van der Waals surface area (Å²) in [5, 5.41) is 13.9. The highest BCUT2D eigenvalue weighted by Gasteiger charge is 2.39. The van der Waals surface area contributed by atoms with Crippen LogP contribution in [0.4, 0.5) is 0 Å². The first-order chi connectivity index (χ1) is 11.8. The van der Waals surface area contributed by atoms with Crippen molar-refractivity contribution in [2.75, 3.05) is 13.1 Å². The fourth-order valence-electron chi connectivity index (χ4n) is 3.44. The third kappa shape index (κ3) is 3.04. The van der Waals surface area contributed by atoms with Crippen LogP contribution in [0.2, 0.25) is 0 Å². The van der Waals surface area contributed by atoms with E-state index in [1.54, 1.807) is 0 Å². The maximum Gasteiger partial charge on any atom is 0.0991 e. The molecule has 3 aromatic rings. The van der Waals surface area contributed by atoms with E-state index in [2.05, 4.69) is 33.6 Å². The molecule has 0 spiro atoms. The molecule has 0 radical (unpaired) electrons. The smallest absolute Gasteiger partial charge is 0.0991 e. The second-order valence-electron chi connectivity index (χ2n) is 6.53. The Kier molecular flexibility index (Phi) is 4.02. The van der Waals surface area contributed by atoms with Gasteiger partial charge in [0.2, 0.25) is 0 Å². The maximum atomic E-state index is 9.09. The van der Waals surface area contributed by atoms with Crippen molar-refractivity contribution in [1.29, 1.82) is 5.26 Å². The molecule has 2 aromatic heterocycles. The van der Waals surface area contributed by atoms with E-state index in [4.69, 9.17) is 5.26 Å². The minimum Gasteiger partial charge on any atom is -0.361 e. The van der Waals surface area contributed by atoms with Crippen LogP contribution in [0.25, 0.3) is 10.9 Å². The van der Waals surface area contributed by atoms with Gasteiger partial charge in [-0.1, -0.05) is 6.07 Å². The summed E-state index contributed by atoms with van der Waals surface area (Å²) >= 11 is 0. The Morgan fingerprint density at radius 1 is 1.33 bits per heavy atom. The highest BCUT2D eigenvalue weighted by atomic mass is 14.9. The van der Waals surface area contributed by atoms with E-state index in [-0.39, 0.29) is 0 Å². The first-order valence-electron chi connectivity index (χ1n) is 8.46. The number of aromatic amines is 1. The van der Waals surface area contributed by atoms with Crippen molar-refractivity contribution < 1.29 is 0 Å². The van der Waals surface area contributed by atoms with Crippen LogP contribution in [0.5, 0.6) is 0 Å². The van der Waals surface area contributed by atoms with Gasteiger partial charge in [0.15, 0.2) is 0 Å². The van der Waals surface area contributed by atoms with E-state index < -0.39 is 0 Å². The van der Waals surface area contributed by atoms with E-state index >= 15 is 0 Å². The molecule has 2 heterocycles. The Hall–Kier alpha value is -2.64. The van der Waals surface area contributed by atoms with Crippen LogP contribution in [-0.2, 0) is 6.42 Å². The van der Waals surface area contributed by atoms with Crippen molar-refractivity contribution in [2.24, 2.45) is 5.92 Å². The van der Waals surface area contributed by atoms with E-state index in [0.717, 1.165) is 30.6 Å². The predicted molar refractivity (Wildman–Crippen MR) is 94.7 cm³/mol. The Labute approximate surface area is 141 Å². The molecule has 0 amide bonds. The number of pyridine rings is 1. The van der Waals surface area contributed by atoms with Gasteiger partial charge < -0.3 is 10.3 Å². The molecule has 1 aliphatic carbocycles. The van der Waals surface area contributed by atoms with Gasteiger partial charge in [-0.2, -0.15) is 5.26 Å². The number of hydrogen-bond acceptors (Lipinski definition) is 3. The quantitative estimate of drug-likeness (QED) is 0.685. The molecule has 4 heteroatoms. The molecule has 0 saturated heterocycles. The molecule has 1 aromatic carbocycles. The number of aromatic nitrogens is 2. The van der Waals surface area contributed by atoms with Crippen molar-refractivity contribution in [1.82, 2.24) is 15.3 Å². The molecule has 1 saturated carbocycles. The summed E-state index contributed by atoms with van der Waals surface area (Å²) in [6.07, 6.45) is 8.10. The van der Waals surface area contributed by atoms with Crippen molar-refractivity contribution in [3.63, 3.8) is 0 Å². The number of nitrogens with one attached hydrogen (secondary N) is 2. The van der Waals surface area contributed by atoms with Crippen molar-refractivity contribution in [3.8, 4) is 6.07 Å². The minimum atomic E-state index is 0.610. The Balaban J connectivity index is 1.33. The minimum absolute atomic E-state index is 0.610. The first kappa shape index (κ1) is 14.9. The third-order valence-electron chi connectivity index (χ3n) is 4.88. The van der Waals surface area contributed by atoms with E-state index in [1.165, 1.54) is 22.9 Å². The number of rotatable bonds is 6. The maximum absolute atomic E-state index is 9.09. The van der Waals surface area contributed by atoms with Crippen LogP contribution in [0.3, 0.4) is 0 Å². The third-order valence-corrected chi connectivity index (χ3v) is 4.88. The van der Waals surface area contributed by atoms with Gasteiger partial charge in [0, 0.05) is 29.5 Å². The van der Waals surface area contributed by atoms with Gasteiger partial charge in [-0.3, -0.25) is 4.98 Å². The lowest BCUT2D eigenvalue weighted by atomic mass is 10.1. The fourth-order valence-corrected chi connectivity index (χ4v) is 3.44. The van der Waals surface area contributed by atoms with Crippen LogP contribution in [0.1, 0.15) is 29.0 Å². The Bertz CT molecular complexity index is 876. The molecule has 0 bridgehead atoms. The molecule has 2 N–H and O–H groups in total. The number of benzene rings is 1. The predicted octanol–water partition coefficient (Wildman–Crippen LogP) is 3.37. The molecule has 24 heavy (non-hydrogen) atoms.